The molecule has 2 N–H and O–H groups in total. The maximum atomic E-state index is 11.3. The van der Waals surface area contributed by atoms with Crippen molar-refractivity contribution >= 4 is 11.7 Å². The van der Waals surface area contributed by atoms with E-state index in [9.17, 15) is 4.79 Å². The second kappa shape index (κ2) is 5.95. The van der Waals surface area contributed by atoms with Crippen molar-refractivity contribution in [2.75, 3.05) is 12.4 Å². The molecule has 2 aromatic rings. The quantitative estimate of drug-likeness (QED) is 0.878. The van der Waals surface area contributed by atoms with E-state index in [1.165, 1.54) is 5.56 Å². The highest BCUT2D eigenvalue weighted by Gasteiger charge is 2.08. The molecular weight excluding hydrogens is 240 g/mol. The standard InChI is InChI=1S/C14H16N4O/c1-10(11-6-4-3-5-7-11)16-13-9-8-12(17-18-13)14(19)15-2/h3-10H,1-2H3,(H,15,19)(H,16,18)/t10-/m0/s1. The minimum atomic E-state index is -0.241. The number of benzene rings is 1. The zero-order valence-corrected chi connectivity index (χ0v) is 10.9. The number of anilines is 1. The Balaban J connectivity index is 2.06. The van der Waals surface area contributed by atoms with Crippen molar-refractivity contribution in [3.8, 4) is 0 Å². The molecule has 1 aromatic heterocycles. The maximum absolute atomic E-state index is 11.3. The molecule has 19 heavy (non-hydrogen) atoms. The van der Waals surface area contributed by atoms with Crippen LogP contribution in [0.5, 0.6) is 0 Å². The fraction of sp³-hybridized carbons (Fsp3) is 0.214. The molecule has 0 aliphatic carbocycles. The third-order valence-corrected chi connectivity index (χ3v) is 2.79. The Morgan fingerprint density at radius 3 is 2.42 bits per heavy atom. The van der Waals surface area contributed by atoms with Crippen molar-refractivity contribution in [3.63, 3.8) is 0 Å². The SMILES string of the molecule is CNC(=O)c1ccc(N[C@@H](C)c2ccccc2)nn1. The van der Waals surface area contributed by atoms with Gasteiger partial charge in [0.05, 0.1) is 0 Å². The van der Waals surface area contributed by atoms with Crippen LogP contribution in [-0.2, 0) is 0 Å². The van der Waals surface area contributed by atoms with E-state index >= 15 is 0 Å². The van der Waals surface area contributed by atoms with Crippen LogP contribution in [0, 0.1) is 0 Å². The van der Waals surface area contributed by atoms with Gasteiger partial charge in [0.1, 0.15) is 5.82 Å². The molecule has 0 spiro atoms. The van der Waals surface area contributed by atoms with Gasteiger partial charge in [-0.25, -0.2) is 0 Å². The van der Waals surface area contributed by atoms with Gasteiger partial charge in [0.2, 0.25) is 0 Å². The van der Waals surface area contributed by atoms with Gasteiger partial charge in [-0.1, -0.05) is 30.3 Å². The van der Waals surface area contributed by atoms with Gasteiger partial charge in [0, 0.05) is 13.1 Å². The van der Waals surface area contributed by atoms with E-state index in [0.29, 0.717) is 11.5 Å². The molecule has 5 nitrogen and oxygen atoms in total. The summed E-state index contributed by atoms with van der Waals surface area (Å²) < 4.78 is 0. The number of amides is 1. The molecule has 0 aliphatic heterocycles. The Hall–Kier alpha value is -2.43. The molecule has 2 rings (SSSR count). The lowest BCUT2D eigenvalue weighted by molar-refractivity contribution is 0.0957. The minimum Gasteiger partial charge on any atom is -0.362 e. The molecular formula is C14H16N4O. The molecule has 5 heteroatoms. The number of carbonyl (C=O) groups is 1. The molecule has 0 radical (unpaired) electrons. The van der Waals surface area contributed by atoms with Gasteiger partial charge in [0.25, 0.3) is 5.91 Å². The van der Waals surface area contributed by atoms with Crippen LogP contribution in [0.25, 0.3) is 0 Å². The van der Waals surface area contributed by atoms with Gasteiger partial charge in [-0.2, -0.15) is 0 Å². The van der Waals surface area contributed by atoms with Crippen molar-refractivity contribution in [1.82, 2.24) is 15.5 Å². The van der Waals surface area contributed by atoms with E-state index in [4.69, 9.17) is 0 Å². The molecule has 0 bridgehead atoms. The Bertz CT molecular complexity index is 539. The normalized spacial score (nSPS) is 11.7. The highest BCUT2D eigenvalue weighted by Crippen LogP contribution is 2.16. The largest absolute Gasteiger partial charge is 0.362 e. The molecule has 98 valence electrons. The van der Waals surface area contributed by atoms with E-state index in [-0.39, 0.29) is 11.9 Å². The molecule has 0 saturated carbocycles. The van der Waals surface area contributed by atoms with Crippen molar-refractivity contribution in [1.29, 1.82) is 0 Å². The molecule has 1 amide bonds. The van der Waals surface area contributed by atoms with Gasteiger partial charge in [-0.15, -0.1) is 10.2 Å². The summed E-state index contributed by atoms with van der Waals surface area (Å²) >= 11 is 0. The number of rotatable bonds is 4. The number of carbonyl (C=O) groups excluding carboxylic acids is 1. The topological polar surface area (TPSA) is 66.9 Å². The van der Waals surface area contributed by atoms with Gasteiger partial charge in [0.15, 0.2) is 5.69 Å². The highest BCUT2D eigenvalue weighted by atomic mass is 16.1. The predicted octanol–water partition coefficient (Wildman–Crippen LogP) is 2.01. The second-order valence-electron chi connectivity index (χ2n) is 4.16. The van der Waals surface area contributed by atoms with E-state index in [0.717, 1.165) is 0 Å². The van der Waals surface area contributed by atoms with Crippen molar-refractivity contribution in [3.05, 3.63) is 53.7 Å². The van der Waals surface area contributed by atoms with Crippen LogP contribution in [0.4, 0.5) is 5.82 Å². The summed E-state index contributed by atoms with van der Waals surface area (Å²) in [7, 11) is 1.56. The average molecular weight is 256 g/mol. The number of nitrogens with one attached hydrogen (secondary N) is 2. The fourth-order valence-corrected chi connectivity index (χ4v) is 1.71. The molecule has 0 aliphatic rings. The van der Waals surface area contributed by atoms with Gasteiger partial charge >= 0.3 is 0 Å². The van der Waals surface area contributed by atoms with Crippen LogP contribution >= 0.6 is 0 Å². The molecule has 0 fully saturated rings. The van der Waals surface area contributed by atoms with Gasteiger partial charge in [-0.3, -0.25) is 4.79 Å². The first kappa shape index (κ1) is 13.0. The average Bonchev–Trinajstić information content (AvgIpc) is 2.48. The zero-order chi connectivity index (χ0) is 13.7. The highest BCUT2D eigenvalue weighted by molar-refractivity contribution is 5.91. The fourth-order valence-electron chi connectivity index (χ4n) is 1.71. The second-order valence-corrected chi connectivity index (χ2v) is 4.16. The Kier molecular flexibility index (Phi) is 4.07. The summed E-state index contributed by atoms with van der Waals surface area (Å²) in [4.78, 5) is 11.3. The third kappa shape index (κ3) is 3.28. The van der Waals surface area contributed by atoms with E-state index < -0.39 is 0 Å². The Morgan fingerprint density at radius 2 is 1.84 bits per heavy atom. The van der Waals surface area contributed by atoms with Crippen LogP contribution in [0.3, 0.4) is 0 Å². The lowest BCUT2D eigenvalue weighted by Crippen LogP contribution is -2.20. The van der Waals surface area contributed by atoms with Crippen LogP contribution < -0.4 is 10.6 Å². The first-order chi connectivity index (χ1) is 9.20. The van der Waals surface area contributed by atoms with Crippen molar-refractivity contribution in [2.45, 2.75) is 13.0 Å². The number of aromatic nitrogens is 2. The predicted molar refractivity (Wildman–Crippen MR) is 73.9 cm³/mol. The van der Waals surface area contributed by atoms with E-state index in [1.54, 1.807) is 19.2 Å². The summed E-state index contributed by atoms with van der Waals surface area (Å²) in [5.74, 6) is 0.402. The molecule has 0 saturated heterocycles. The monoisotopic (exact) mass is 256 g/mol. The summed E-state index contributed by atoms with van der Waals surface area (Å²) in [6, 6.07) is 13.6. The van der Waals surface area contributed by atoms with Crippen LogP contribution in [0.1, 0.15) is 29.0 Å². The zero-order valence-electron chi connectivity index (χ0n) is 10.9. The van der Waals surface area contributed by atoms with Gasteiger partial charge < -0.3 is 10.6 Å². The summed E-state index contributed by atoms with van der Waals surface area (Å²) in [6.07, 6.45) is 0. The Morgan fingerprint density at radius 1 is 1.11 bits per heavy atom. The third-order valence-electron chi connectivity index (χ3n) is 2.79. The molecule has 1 heterocycles. The molecule has 1 atom stereocenters. The lowest BCUT2D eigenvalue weighted by atomic mass is 10.1. The summed E-state index contributed by atoms with van der Waals surface area (Å²) in [5.41, 5.74) is 1.47. The van der Waals surface area contributed by atoms with Crippen molar-refractivity contribution < 1.29 is 4.79 Å². The summed E-state index contributed by atoms with van der Waals surface area (Å²) in [6.45, 7) is 2.05. The summed E-state index contributed by atoms with van der Waals surface area (Å²) in [5, 5.41) is 13.6. The van der Waals surface area contributed by atoms with E-state index in [1.807, 2.05) is 37.3 Å². The smallest absolute Gasteiger partial charge is 0.271 e. The number of nitrogens with zero attached hydrogens (tertiary/aromatic N) is 2. The van der Waals surface area contributed by atoms with Crippen LogP contribution in [0.15, 0.2) is 42.5 Å². The molecule has 0 unspecified atom stereocenters. The Labute approximate surface area is 112 Å². The first-order valence-electron chi connectivity index (χ1n) is 6.08. The van der Waals surface area contributed by atoms with Crippen molar-refractivity contribution in [2.24, 2.45) is 0 Å². The number of hydrogen-bond donors (Lipinski definition) is 2. The van der Waals surface area contributed by atoms with Crippen LogP contribution in [-0.4, -0.2) is 23.2 Å². The van der Waals surface area contributed by atoms with Crippen LogP contribution in [0.2, 0.25) is 0 Å². The maximum Gasteiger partial charge on any atom is 0.271 e. The first-order valence-corrected chi connectivity index (χ1v) is 6.08. The number of hydrogen-bond acceptors (Lipinski definition) is 4. The lowest BCUT2D eigenvalue weighted by Gasteiger charge is -2.14. The van der Waals surface area contributed by atoms with Gasteiger partial charge in [-0.05, 0) is 24.6 Å². The van der Waals surface area contributed by atoms with E-state index in [2.05, 4.69) is 20.8 Å². The molecule has 1 aromatic carbocycles. The minimum absolute atomic E-state index is 0.126.